The summed E-state index contributed by atoms with van der Waals surface area (Å²) in [5, 5.41) is 2.98. The highest BCUT2D eigenvalue weighted by molar-refractivity contribution is 5.95. The molecule has 3 rings (SSSR count). The van der Waals surface area contributed by atoms with E-state index in [1.54, 1.807) is 19.4 Å². The lowest BCUT2D eigenvalue weighted by Crippen LogP contribution is -2.23. The normalized spacial score (nSPS) is 10.7. The van der Waals surface area contributed by atoms with E-state index in [0.29, 0.717) is 31.2 Å². The van der Waals surface area contributed by atoms with Crippen molar-refractivity contribution >= 4 is 5.91 Å². The lowest BCUT2D eigenvalue weighted by molar-refractivity contribution is 0.0950. The third kappa shape index (κ3) is 5.45. The Morgan fingerprint density at radius 1 is 1.07 bits per heavy atom. The quantitative estimate of drug-likeness (QED) is 0.565. The van der Waals surface area contributed by atoms with E-state index in [0.717, 1.165) is 23.5 Å². The molecule has 6 heteroatoms. The van der Waals surface area contributed by atoms with E-state index >= 15 is 0 Å². The van der Waals surface area contributed by atoms with E-state index in [4.69, 9.17) is 9.47 Å². The van der Waals surface area contributed by atoms with Gasteiger partial charge in [-0.15, -0.1) is 0 Å². The minimum Gasteiger partial charge on any atom is -0.475 e. The molecule has 0 aliphatic rings. The Hall–Kier alpha value is -3.12. The average molecular weight is 393 g/mol. The van der Waals surface area contributed by atoms with Crippen LogP contribution in [0.25, 0.3) is 0 Å². The first kappa shape index (κ1) is 20.6. The Morgan fingerprint density at radius 2 is 1.86 bits per heavy atom. The topological polar surface area (TPSA) is 65.4 Å². The van der Waals surface area contributed by atoms with Crippen molar-refractivity contribution < 1.29 is 14.3 Å². The third-order valence-electron chi connectivity index (χ3n) is 4.79. The summed E-state index contributed by atoms with van der Waals surface area (Å²) in [6.07, 6.45) is 1.71. The van der Waals surface area contributed by atoms with Crippen LogP contribution in [0.15, 0.2) is 54.7 Å². The van der Waals surface area contributed by atoms with Crippen LogP contribution in [0.4, 0.5) is 0 Å². The van der Waals surface area contributed by atoms with Gasteiger partial charge in [0.1, 0.15) is 6.61 Å². The zero-order valence-corrected chi connectivity index (χ0v) is 17.1. The van der Waals surface area contributed by atoms with Crippen LogP contribution in [0.1, 0.15) is 32.9 Å². The van der Waals surface area contributed by atoms with Gasteiger partial charge in [0.2, 0.25) is 5.88 Å². The number of hydrogen-bond donors (Lipinski definition) is 1. The highest BCUT2D eigenvalue weighted by atomic mass is 16.5. The number of hydrogen-bond acceptors (Lipinski definition) is 4. The number of amides is 1. The predicted octanol–water partition coefficient (Wildman–Crippen LogP) is 3.50. The van der Waals surface area contributed by atoms with Gasteiger partial charge in [-0.1, -0.05) is 36.4 Å². The summed E-state index contributed by atoms with van der Waals surface area (Å²) < 4.78 is 12.6. The second-order valence-electron chi connectivity index (χ2n) is 6.89. The molecule has 2 heterocycles. The molecular formula is C23H27N3O3. The summed E-state index contributed by atoms with van der Waals surface area (Å²) in [6.45, 7) is 6.14. The average Bonchev–Trinajstić information content (AvgIpc) is 3.02. The van der Waals surface area contributed by atoms with Crippen molar-refractivity contribution in [2.75, 3.05) is 20.3 Å². The molecule has 1 N–H and O–H groups in total. The molecule has 0 radical (unpaired) electrons. The van der Waals surface area contributed by atoms with Gasteiger partial charge >= 0.3 is 0 Å². The van der Waals surface area contributed by atoms with Gasteiger partial charge < -0.3 is 19.4 Å². The molecular weight excluding hydrogens is 366 g/mol. The Morgan fingerprint density at radius 3 is 2.55 bits per heavy atom. The molecule has 0 unspecified atom stereocenters. The van der Waals surface area contributed by atoms with Crippen molar-refractivity contribution in [1.29, 1.82) is 0 Å². The summed E-state index contributed by atoms with van der Waals surface area (Å²) in [5.41, 5.74) is 4.85. The summed E-state index contributed by atoms with van der Waals surface area (Å²) in [5.74, 6) is 0.458. The molecule has 3 aromatic rings. The highest BCUT2D eigenvalue weighted by Gasteiger charge is 2.15. The lowest BCUT2D eigenvalue weighted by atomic mass is 10.2. The molecule has 29 heavy (non-hydrogen) atoms. The van der Waals surface area contributed by atoms with Gasteiger partial charge in [-0.2, -0.15) is 0 Å². The maximum atomic E-state index is 12.7. The number of nitrogens with zero attached hydrogens (tertiary/aromatic N) is 2. The number of pyridine rings is 1. The Balaban J connectivity index is 1.60. The van der Waals surface area contributed by atoms with E-state index in [2.05, 4.69) is 27.0 Å². The van der Waals surface area contributed by atoms with Crippen molar-refractivity contribution in [2.45, 2.75) is 26.9 Å². The maximum Gasteiger partial charge on any atom is 0.253 e. The number of carbonyl (C=O) groups excluding carboxylic acids is 1. The molecule has 0 spiro atoms. The Bertz CT molecular complexity index is 934. The SMILES string of the molecule is COCCOc1ccc(CNC(=O)c2cc(C)n(Cc3ccccc3)c2C)cn1. The molecule has 0 saturated carbocycles. The van der Waals surface area contributed by atoms with Crippen molar-refractivity contribution in [3.63, 3.8) is 0 Å². The number of benzene rings is 1. The number of nitrogens with one attached hydrogen (secondary N) is 1. The van der Waals surface area contributed by atoms with Crippen LogP contribution < -0.4 is 10.1 Å². The summed E-state index contributed by atoms with van der Waals surface area (Å²) in [6, 6.07) is 15.9. The predicted molar refractivity (Wildman–Crippen MR) is 112 cm³/mol. The molecule has 0 saturated heterocycles. The van der Waals surface area contributed by atoms with Crippen LogP contribution in [-0.4, -0.2) is 35.8 Å². The zero-order chi connectivity index (χ0) is 20.6. The van der Waals surface area contributed by atoms with E-state index < -0.39 is 0 Å². The number of rotatable bonds is 9. The van der Waals surface area contributed by atoms with E-state index in [1.165, 1.54) is 5.56 Å². The molecule has 1 amide bonds. The number of aromatic nitrogens is 2. The van der Waals surface area contributed by atoms with Crippen LogP contribution in [0.3, 0.4) is 0 Å². The van der Waals surface area contributed by atoms with Crippen LogP contribution in [0.2, 0.25) is 0 Å². The van der Waals surface area contributed by atoms with Gasteiger partial charge in [-0.3, -0.25) is 4.79 Å². The number of ether oxygens (including phenoxy) is 2. The standard InChI is InChI=1S/C23H27N3O3/c1-17-13-21(18(2)26(17)16-19-7-5-4-6-8-19)23(27)25-15-20-9-10-22(24-14-20)29-12-11-28-3/h4-10,13-14H,11-12,15-16H2,1-3H3,(H,25,27). The lowest BCUT2D eigenvalue weighted by Gasteiger charge is -2.10. The van der Waals surface area contributed by atoms with Crippen LogP contribution >= 0.6 is 0 Å². The minimum atomic E-state index is -0.0853. The molecule has 0 fully saturated rings. The van der Waals surface area contributed by atoms with Crippen LogP contribution in [-0.2, 0) is 17.8 Å². The minimum absolute atomic E-state index is 0.0853. The summed E-state index contributed by atoms with van der Waals surface area (Å²) in [4.78, 5) is 17.0. The van der Waals surface area contributed by atoms with Gasteiger partial charge in [-0.05, 0) is 31.0 Å². The molecule has 0 atom stereocenters. The van der Waals surface area contributed by atoms with Crippen molar-refractivity contribution in [3.05, 3.63) is 82.8 Å². The fourth-order valence-corrected chi connectivity index (χ4v) is 3.15. The second-order valence-corrected chi connectivity index (χ2v) is 6.89. The number of aryl methyl sites for hydroxylation is 1. The van der Waals surface area contributed by atoms with Gasteiger partial charge in [0, 0.05) is 43.9 Å². The highest BCUT2D eigenvalue weighted by Crippen LogP contribution is 2.17. The molecule has 152 valence electrons. The fraction of sp³-hybridized carbons (Fsp3) is 0.304. The monoisotopic (exact) mass is 393 g/mol. The molecule has 1 aromatic carbocycles. The van der Waals surface area contributed by atoms with Gasteiger partial charge in [0.25, 0.3) is 5.91 Å². The van der Waals surface area contributed by atoms with Crippen molar-refractivity contribution in [3.8, 4) is 5.88 Å². The first-order valence-corrected chi connectivity index (χ1v) is 9.64. The number of carbonyl (C=O) groups is 1. The molecule has 0 aliphatic carbocycles. The maximum absolute atomic E-state index is 12.7. The Kier molecular flexibility index (Phi) is 7.03. The fourth-order valence-electron chi connectivity index (χ4n) is 3.15. The van der Waals surface area contributed by atoms with Crippen molar-refractivity contribution in [1.82, 2.24) is 14.9 Å². The summed E-state index contributed by atoms with van der Waals surface area (Å²) >= 11 is 0. The largest absolute Gasteiger partial charge is 0.475 e. The van der Waals surface area contributed by atoms with Gasteiger partial charge in [0.15, 0.2) is 0 Å². The molecule has 0 aliphatic heterocycles. The van der Waals surface area contributed by atoms with Gasteiger partial charge in [-0.25, -0.2) is 4.98 Å². The van der Waals surface area contributed by atoms with Crippen LogP contribution in [0.5, 0.6) is 5.88 Å². The molecule has 2 aromatic heterocycles. The van der Waals surface area contributed by atoms with E-state index in [1.807, 2.05) is 44.2 Å². The summed E-state index contributed by atoms with van der Waals surface area (Å²) in [7, 11) is 1.63. The first-order chi connectivity index (χ1) is 14.1. The number of methoxy groups -OCH3 is 1. The first-order valence-electron chi connectivity index (χ1n) is 9.64. The van der Waals surface area contributed by atoms with E-state index in [9.17, 15) is 4.79 Å². The molecule has 6 nitrogen and oxygen atoms in total. The van der Waals surface area contributed by atoms with Gasteiger partial charge in [0.05, 0.1) is 12.2 Å². The van der Waals surface area contributed by atoms with Crippen molar-refractivity contribution in [2.24, 2.45) is 0 Å². The third-order valence-corrected chi connectivity index (χ3v) is 4.79. The molecule has 0 bridgehead atoms. The zero-order valence-electron chi connectivity index (χ0n) is 17.1. The second kappa shape index (κ2) is 9.89. The smallest absolute Gasteiger partial charge is 0.253 e. The van der Waals surface area contributed by atoms with E-state index in [-0.39, 0.29) is 5.91 Å². The van der Waals surface area contributed by atoms with Crippen LogP contribution in [0, 0.1) is 13.8 Å². The Labute approximate surface area is 171 Å².